The third kappa shape index (κ3) is 4.68. The molecule has 0 atom stereocenters. The third-order valence-corrected chi connectivity index (χ3v) is 7.55. The second kappa shape index (κ2) is 9.82. The highest BCUT2D eigenvalue weighted by molar-refractivity contribution is 6.01. The minimum atomic E-state index is -0.123. The summed E-state index contributed by atoms with van der Waals surface area (Å²) in [5.41, 5.74) is 2.80. The first-order valence-electron chi connectivity index (χ1n) is 12.4. The Morgan fingerprint density at radius 1 is 1.12 bits per heavy atom. The number of hydrogen-bond donors (Lipinski definition) is 3. The fourth-order valence-electron chi connectivity index (χ4n) is 5.74. The molecule has 2 fully saturated rings. The number of H-pyrrole nitrogens is 1. The summed E-state index contributed by atoms with van der Waals surface area (Å²) in [5, 5.41) is 16.2. The van der Waals surface area contributed by atoms with Crippen molar-refractivity contribution < 1.29 is 4.79 Å². The number of fused-ring (bicyclic) bond motifs is 3. The van der Waals surface area contributed by atoms with Crippen molar-refractivity contribution in [2.45, 2.75) is 76.8 Å². The van der Waals surface area contributed by atoms with E-state index in [0.29, 0.717) is 30.8 Å². The second-order valence-electron chi connectivity index (χ2n) is 9.73. The molecule has 5 rings (SSSR count). The average molecular weight is 448 g/mol. The van der Waals surface area contributed by atoms with E-state index in [1.165, 1.54) is 32.1 Å². The van der Waals surface area contributed by atoms with E-state index in [9.17, 15) is 4.79 Å². The molecule has 3 N–H and O–H groups in total. The van der Waals surface area contributed by atoms with E-state index < -0.39 is 0 Å². The van der Waals surface area contributed by atoms with Gasteiger partial charge in [0.1, 0.15) is 17.0 Å². The Bertz CT molecular complexity index is 1140. The Labute approximate surface area is 194 Å². The van der Waals surface area contributed by atoms with Gasteiger partial charge in [-0.05, 0) is 56.4 Å². The molecule has 2 amide bonds. The summed E-state index contributed by atoms with van der Waals surface area (Å²) in [6.45, 7) is 1.13. The van der Waals surface area contributed by atoms with Gasteiger partial charge < -0.3 is 20.2 Å². The maximum Gasteiger partial charge on any atom is 0.315 e. The number of urea groups is 1. The van der Waals surface area contributed by atoms with Gasteiger partial charge in [0, 0.05) is 30.6 Å². The third-order valence-electron chi connectivity index (χ3n) is 7.55. The number of aromatic amines is 1. The number of hydrogen-bond acceptors (Lipinski definition) is 4. The molecule has 0 bridgehead atoms. The van der Waals surface area contributed by atoms with Gasteiger partial charge in [-0.3, -0.25) is 0 Å². The molecule has 0 spiro atoms. The fourth-order valence-corrected chi connectivity index (χ4v) is 5.74. The van der Waals surface area contributed by atoms with E-state index in [2.05, 4.69) is 37.3 Å². The molecule has 3 heterocycles. The van der Waals surface area contributed by atoms with Gasteiger partial charge in [-0.2, -0.15) is 5.26 Å². The van der Waals surface area contributed by atoms with Gasteiger partial charge in [-0.15, -0.1) is 0 Å². The molecule has 174 valence electrons. The molecule has 2 aliphatic rings. The Morgan fingerprint density at radius 3 is 2.73 bits per heavy atom. The predicted octanol–water partition coefficient (Wildman–Crippen LogP) is 4.94. The molecule has 2 aliphatic carbocycles. The Morgan fingerprint density at radius 2 is 1.94 bits per heavy atom. The van der Waals surface area contributed by atoms with Crippen LogP contribution in [0.3, 0.4) is 0 Å². The standard InChI is InChI=1S/C25H33N7O/c26-12-10-17-6-8-19(9-7-17)32-22(16-30-25(33)29-14-18-4-2-1-3-5-18)31-21-15-28-24-20(23(21)32)11-13-27-24/h11,13,15,17-19H,1-10,14,16H2,(H,27,28)(H2,29,30,33)/t17-,19-. The van der Waals surface area contributed by atoms with Crippen LogP contribution in [-0.2, 0) is 6.54 Å². The van der Waals surface area contributed by atoms with Crippen molar-refractivity contribution in [3.63, 3.8) is 0 Å². The van der Waals surface area contributed by atoms with E-state index >= 15 is 0 Å². The Balaban J connectivity index is 1.34. The fraction of sp³-hybridized carbons (Fsp3) is 0.600. The number of aromatic nitrogens is 4. The molecule has 3 aromatic heterocycles. The smallest absolute Gasteiger partial charge is 0.315 e. The molecule has 0 unspecified atom stereocenters. The zero-order valence-electron chi connectivity index (χ0n) is 19.1. The van der Waals surface area contributed by atoms with Crippen molar-refractivity contribution in [2.24, 2.45) is 11.8 Å². The number of nitrogens with one attached hydrogen (secondary N) is 3. The summed E-state index contributed by atoms with van der Waals surface area (Å²) in [4.78, 5) is 25.1. The first kappa shape index (κ1) is 21.7. The van der Waals surface area contributed by atoms with Crippen molar-refractivity contribution in [1.82, 2.24) is 30.2 Å². The lowest BCUT2D eigenvalue weighted by molar-refractivity contribution is 0.234. The number of carbonyl (C=O) groups excluding carboxylic acids is 1. The molecule has 0 aliphatic heterocycles. The van der Waals surface area contributed by atoms with Crippen LogP contribution in [0.2, 0.25) is 0 Å². The van der Waals surface area contributed by atoms with Crippen molar-refractivity contribution in [3.8, 4) is 6.07 Å². The summed E-state index contributed by atoms with van der Waals surface area (Å²) in [6.07, 6.45) is 14.8. The zero-order chi connectivity index (χ0) is 22.6. The lowest BCUT2D eigenvalue weighted by atomic mass is 9.84. The highest BCUT2D eigenvalue weighted by Crippen LogP contribution is 2.37. The molecule has 0 saturated heterocycles. The molecule has 2 saturated carbocycles. The molecule has 33 heavy (non-hydrogen) atoms. The van der Waals surface area contributed by atoms with Crippen molar-refractivity contribution >= 4 is 28.1 Å². The van der Waals surface area contributed by atoms with Crippen LogP contribution >= 0.6 is 0 Å². The van der Waals surface area contributed by atoms with Crippen LogP contribution < -0.4 is 10.6 Å². The average Bonchev–Trinajstić information content (AvgIpc) is 3.47. The maximum atomic E-state index is 12.5. The number of amides is 2. The number of nitrogens with zero attached hydrogens (tertiary/aromatic N) is 4. The number of pyridine rings is 1. The van der Waals surface area contributed by atoms with Crippen LogP contribution in [0, 0.1) is 23.2 Å². The number of imidazole rings is 1. The second-order valence-corrected chi connectivity index (χ2v) is 9.73. The minimum Gasteiger partial charge on any atom is -0.346 e. The summed E-state index contributed by atoms with van der Waals surface area (Å²) in [6, 6.07) is 4.57. The van der Waals surface area contributed by atoms with Gasteiger partial charge in [0.15, 0.2) is 0 Å². The molecular weight excluding hydrogens is 414 g/mol. The largest absolute Gasteiger partial charge is 0.346 e. The van der Waals surface area contributed by atoms with Gasteiger partial charge in [0.05, 0.1) is 24.3 Å². The first-order valence-corrected chi connectivity index (χ1v) is 12.4. The zero-order valence-corrected chi connectivity index (χ0v) is 19.1. The van der Waals surface area contributed by atoms with Crippen molar-refractivity contribution in [3.05, 3.63) is 24.3 Å². The monoisotopic (exact) mass is 447 g/mol. The summed E-state index contributed by atoms with van der Waals surface area (Å²) < 4.78 is 2.33. The van der Waals surface area contributed by atoms with Crippen LogP contribution in [0.15, 0.2) is 18.5 Å². The van der Waals surface area contributed by atoms with Crippen molar-refractivity contribution in [1.29, 1.82) is 5.26 Å². The van der Waals surface area contributed by atoms with E-state index in [-0.39, 0.29) is 6.03 Å². The number of carbonyl (C=O) groups is 1. The Hall–Kier alpha value is -3.08. The van der Waals surface area contributed by atoms with Gasteiger partial charge in [0.2, 0.25) is 0 Å². The molecule has 8 heteroatoms. The topological polar surface area (TPSA) is 111 Å². The summed E-state index contributed by atoms with van der Waals surface area (Å²) in [5.74, 6) is 1.96. The molecular formula is C25H33N7O. The lowest BCUT2D eigenvalue weighted by Gasteiger charge is -2.30. The van der Waals surface area contributed by atoms with Gasteiger partial charge in [-0.25, -0.2) is 14.8 Å². The summed E-state index contributed by atoms with van der Waals surface area (Å²) in [7, 11) is 0. The molecule has 3 aromatic rings. The molecule has 0 aromatic carbocycles. The Kier molecular flexibility index (Phi) is 6.47. The van der Waals surface area contributed by atoms with E-state index in [1.807, 2.05) is 12.4 Å². The first-order chi connectivity index (χ1) is 16.2. The van der Waals surface area contributed by atoms with Gasteiger partial charge >= 0.3 is 6.03 Å². The number of nitriles is 1. The van der Waals surface area contributed by atoms with E-state index in [0.717, 1.165) is 60.1 Å². The maximum absolute atomic E-state index is 12.5. The SMILES string of the molecule is N#CC[C@H]1CC[C@H](n2c(CNC(=O)NCC3CCCCC3)nc3cnc4[nH]ccc4c32)CC1. The van der Waals surface area contributed by atoms with Crippen LogP contribution in [0.1, 0.15) is 76.1 Å². The van der Waals surface area contributed by atoms with Gasteiger partial charge in [-0.1, -0.05) is 19.3 Å². The van der Waals surface area contributed by atoms with Crippen LogP contribution in [-0.4, -0.2) is 32.1 Å². The normalized spacial score (nSPS) is 21.8. The number of rotatable bonds is 6. The quantitative estimate of drug-likeness (QED) is 0.497. The van der Waals surface area contributed by atoms with Crippen molar-refractivity contribution in [2.75, 3.05) is 6.54 Å². The van der Waals surface area contributed by atoms with E-state index in [4.69, 9.17) is 10.2 Å². The predicted molar refractivity (Wildman–Crippen MR) is 127 cm³/mol. The van der Waals surface area contributed by atoms with Crippen LogP contribution in [0.25, 0.3) is 22.1 Å². The van der Waals surface area contributed by atoms with E-state index in [1.54, 1.807) is 0 Å². The van der Waals surface area contributed by atoms with Crippen LogP contribution in [0.5, 0.6) is 0 Å². The highest BCUT2D eigenvalue weighted by Gasteiger charge is 2.27. The van der Waals surface area contributed by atoms with Gasteiger partial charge in [0.25, 0.3) is 0 Å². The minimum absolute atomic E-state index is 0.123. The lowest BCUT2D eigenvalue weighted by Crippen LogP contribution is -2.38. The molecule has 8 nitrogen and oxygen atoms in total. The summed E-state index contributed by atoms with van der Waals surface area (Å²) >= 11 is 0. The molecule has 0 radical (unpaired) electrons. The highest BCUT2D eigenvalue weighted by atomic mass is 16.2. The van der Waals surface area contributed by atoms with Crippen LogP contribution in [0.4, 0.5) is 4.79 Å².